The molecule has 0 radical (unpaired) electrons. The zero-order valence-corrected chi connectivity index (χ0v) is 10.9. The quantitative estimate of drug-likeness (QED) is 0.573. The minimum atomic E-state index is -0.555. The molecular weight excluding hydrogens is 236 g/mol. The molecule has 0 spiro atoms. The topological polar surface area (TPSA) is 81.8 Å². The Labute approximate surface area is 106 Å². The molecule has 1 fully saturated rings. The average molecular weight is 256 g/mol. The fourth-order valence-corrected chi connectivity index (χ4v) is 1.66. The molecule has 102 valence electrons. The standard InChI is InChI=1S/C11H20N4O3/c1-12-9(16)3-6-14(2)10(17)11(18)15-7-4-13-5-8-15/h13H,3-8H2,1-2H3,(H,12,16). The number of nitrogens with one attached hydrogen (secondary N) is 2. The number of nitrogens with zero attached hydrogens (tertiary/aromatic N) is 2. The van der Waals surface area contributed by atoms with E-state index in [1.54, 1.807) is 0 Å². The largest absolute Gasteiger partial charge is 0.359 e. The molecule has 2 N–H and O–H groups in total. The predicted molar refractivity (Wildman–Crippen MR) is 65.8 cm³/mol. The van der Waals surface area contributed by atoms with E-state index in [-0.39, 0.29) is 18.9 Å². The van der Waals surface area contributed by atoms with E-state index in [0.29, 0.717) is 26.2 Å². The van der Waals surface area contributed by atoms with Gasteiger partial charge in [0.15, 0.2) is 0 Å². The van der Waals surface area contributed by atoms with Gasteiger partial charge < -0.3 is 20.4 Å². The van der Waals surface area contributed by atoms with E-state index in [0.717, 1.165) is 0 Å². The van der Waals surface area contributed by atoms with E-state index in [9.17, 15) is 14.4 Å². The average Bonchev–Trinajstić information content (AvgIpc) is 2.43. The first-order chi connectivity index (χ1) is 8.56. The fraction of sp³-hybridized carbons (Fsp3) is 0.727. The van der Waals surface area contributed by atoms with Gasteiger partial charge in [-0.15, -0.1) is 0 Å². The summed E-state index contributed by atoms with van der Waals surface area (Å²) in [5, 5.41) is 5.59. The molecule has 0 saturated carbocycles. The van der Waals surface area contributed by atoms with Gasteiger partial charge in [0, 0.05) is 53.2 Å². The first kappa shape index (κ1) is 14.4. The van der Waals surface area contributed by atoms with Crippen molar-refractivity contribution in [2.24, 2.45) is 0 Å². The van der Waals surface area contributed by atoms with Crippen LogP contribution in [0, 0.1) is 0 Å². The van der Waals surface area contributed by atoms with Crippen molar-refractivity contribution in [3.05, 3.63) is 0 Å². The van der Waals surface area contributed by atoms with E-state index in [2.05, 4.69) is 10.6 Å². The molecule has 7 nitrogen and oxygen atoms in total. The van der Waals surface area contributed by atoms with Crippen LogP contribution in [-0.4, -0.2) is 74.3 Å². The molecule has 1 rings (SSSR count). The second-order valence-electron chi connectivity index (χ2n) is 4.19. The highest BCUT2D eigenvalue weighted by atomic mass is 16.2. The van der Waals surface area contributed by atoms with E-state index < -0.39 is 11.8 Å². The maximum Gasteiger partial charge on any atom is 0.312 e. The van der Waals surface area contributed by atoms with Crippen LogP contribution >= 0.6 is 0 Å². The van der Waals surface area contributed by atoms with Crippen molar-refractivity contribution in [1.29, 1.82) is 0 Å². The van der Waals surface area contributed by atoms with Gasteiger partial charge in [0.05, 0.1) is 0 Å². The van der Waals surface area contributed by atoms with Gasteiger partial charge in [-0.2, -0.15) is 0 Å². The fourth-order valence-electron chi connectivity index (χ4n) is 1.66. The van der Waals surface area contributed by atoms with Crippen LogP contribution in [0.15, 0.2) is 0 Å². The molecule has 0 aliphatic carbocycles. The molecule has 0 aromatic rings. The first-order valence-electron chi connectivity index (χ1n) is 6.02. The van der Waals surface area contributed by atoms with E-state index >= 15 is 0 Å². The maximum absolute atomic E-state index is 11.9. The Balaban J connectivity index is 2.41. The molecule has 7 heteroatoms. The monoisotopic (exact) mass is 256 g/mol. The second kappa shape index (κ2) is 6.95. The van der Waals surface area contributed by atoms with Crippen molar-refractivity contribution in [3.63, 3.8) is 0 Å². The summed E-state index contributed by atoms with van der Waals surface area (Å²) < 4.78 is 0. The van der Waals surface area contributed by atoms with Crippen LogP contribution in [-0.2, 0) is 14.4 Å². The van der Waals surface area contributed by atoms with E-state index in [1.165, 1.54) is 23.9 Å². The number of hydrogen-bond donors (Lipinski definition) is 2. The minimum absolute atomic E-state index is 0.149. The maximum atomic E-state index is 11.9. The van der Waals surface area contributed by atoms with Crippen molar-refractivity contribution >= 4 is 17.7 Å². The summed E-state index contributed by atoms with van der Waals surface area (Å²) in [6.45, 7) is 2.76. The summed E-state index contributed by atoms with van der Waals surface area (Å²) in [5.41, 5.74) is 0. The van der Waals surface area contributed by atoms with Crippen LogP contribution in [0.4, 0.5) is 0 Å². The number of rotatable bonds is 3. The summed E-state index contributed by atoms with van der Waals surface area (Å²) in [6.07, 6.45) is 0.202. The number of hydrogen-bond acceptors (Lipinski definition) is 4. The van der Waals surface area contributed by atoms with Crippen LogP contribution in [0.1, 0.15) is 6.42 Å². The molecule has 1 heterocycles. The molecule has 0 atom stereocenters. The number of likely N-dealkylation sites (N-methyl/N-ethyl adjacent to an activating group) is 1. The zero-order valence-electron chi connectivity index (χ0n) is 10.9. The number of piperazine rings is 1. The summed E-state index contributed by atoms with van der Waals surface area (Å²) in [7, 11) is 3.07. The molecule has 1 saturated heterocycles. The summed E-state index contributed by atoms with van der Waals surface area (Å²) in [6, 6.07) is 0. The summed E-state index contributed by atoms with van der Waals surface area (Å²) >= 11 is 0. The Hall–Kier alpha value is -1.63. The Morgan fingerprint density at radius 1 is 1.28 bits per heavy atom. The lowest BCUT2D eigenvalue weighted by molar-refractivity contribution is -0.151. The smallest absolute Gasteiger partial charge is 0.312 e. The van der Waals surface area contributed by atoms with E-state index in [1.807, 2.05) is 0 Å². The molecular formula is C11H20N4O3. The minimum Gasteiger partial charge on any atom is -0.359 e. The van der Waals surface area contributed by atoms with Gasteiger partial charge >= 0.3 is 11.8 Å². The van der Waals surface area contributed by atoms with Gasteiger partial charge in [-0.05, 0) is 0 Å². The highest BCUT2D eigenvalue weighted by Gasteiger charge is 2.25. The SMILES string of the molecule is CNC(=O)CCN(C)C(=O)C(=O)N1CCNCC1. The lowest BCUT2D eigenvalue weighted by Crippen LogP contribution is -2.51. The molecule has 0 bridgehead atoms. The highest BCUT2D eigenvalue weighted by Crippen LogP contribution is 1.98. The van der Waals surface area contributed by atoms with Crippen molar-refractivity contribution < 1.29 is 14.4 Å². The van der Waals surface area contributed by atoms with Crippen LogP contribution < -0.4 is 10.6 Å². The van der Waals surface area contributed by atoms with Crippen LogP contribution in [0.25, 0.3) is 0 Å². The van der Waals surface area contributed by atoms with Gasteiger partial charge in [0.2, 0.25) is 5.91 Å². The van der Waals surface area contributed by atoms with Gasteiger partial charge in [-0.1, -0.05) is 0 Å². The summed E-state index contributed by atoms with van der Waals surface area (Å²) in [5.74, 6) is -1.19. The van der Waals surface area contributed by atoms with E-state index in [4.69, 9.17) is 0 Å². The first-order valence-corrected chi connectivity index (χ1v) is 6.02. The third-order valence-electron chi connectivity index (χ3n) is 2.89. The van der Waals surface area contributed by atoms with Gasteiger partial charge in [-0.3, -0.25) is 14.4 Å². The van der Waals surface area contributed by atoms with Gasteiger partial charge in [0.25, 0.3) is 0 Å². The normalized spacial score (nSPS) is 15.1. The third kappa shape index (κ3) is 3.99. The van der Waals surface area contributed by atoms with Crippen molar-refractivity contribution in [2.75, 3.05) is 46.8 Å². The second-order valence-corrected chi connectivity index (χ2v) is 4.19. The number of carbonyl (C=O) groups is 3. The number of amides is 3. The lowest BCUT2D eigenvalue weighted by atomic mass is 10.3. The Bertz CT molecular complexity index is 326. The highest BCUT2D eigenvalue weighted by molar-refractivity contribution is 6.34. The number of carbonyl (C=O) groups excluding carboxylic acids is 3. The Kier molecular flexibility index (Phi) is 5.57. The van der Waals surface area contributed by atoms with Gasteiger partial charge in [-0.25, -0.2) is 0 Å². The zero-order chi connectivity index (χ0) is 13.5. The van der Waals surface area contributed by atoms with Crippen LogP contribution in [0.5, 0.6) is 0 Å². The summed E-state index contributed by atoms with van der Waals surface area (Å²) in [4.78, 5) is 37.6. The third-order valence-corrected chi connectivity index (χ3v) is 2.89. The molecule has 1 aliphatic heterocycles. The predicted octanol–water partition coefficient (Wildman–Crippen LogP) is -1.99. The molecule has 0 aromatic carbocycles. The van der Waals surface area contributed by atoms with Crippen LogP contribution in [0.2, 0.25) is 0 Å². The lowest BCUT2D eigenvalue weighted by Gasteiger charge is -2.28. The molecule has 0 unspecified atom stereocenters. The van der Waals surface area contributed by atoms with Crippen molar-refractivity contribution in [1.82, 2.24) is 20.4 Å². The van der Waals surface area contributed by atoms with Crippen molar-refractivity contribution in [2.45, 2.75) is 6.42 Å². The van der Waals surface area contributed by atoms with Crippen molar-refractivity contribution in [3.8, 4) is 0 Å². The van der Waals surface area contributed by atoms with Gasteiger partial charge in [0.1, 0.15) is 0 Å². The Morgan fingerprint density at radius 3 is 2.44 bits per heavy atom. The molecule has 0 aromatic heterocycles. The van der Waals surface area contributed by atoms with Crippen LogP contribution in [0.3, 0.4) is 0 Å². The molecule has 18 heavy (non-hydrogen) atoms. The Morgan fingerprint density at radius 2 is 1.89 bits per heavy atom. The molecule has 3 amide bonds. The molecule has 1 aliphatic rings.